The maximum atomic E-state index is 5.36. The van der Waals surface area contributed by atoms with Gasteiger partial charge in [0.2, 0.25) is 0 Å². The number of benzene rings is 1. The zero-order chi connectivity index (χ0) is 12.3. The van der Waals surface area contributed by atoms with Gasteiger partial charge in [-0.3, -0.25) is 0 Å². The fourth-order valence-corrected chi connectivity index (χ4v) is 3.72. The molecule has 94 valence electrons. The highest BCUT2D eigenvalue weighted by Crippen LogP contribution is 2.42. The number of aryl methyl sites for hydroxylation is 1. The van der Waals surface area contributed by atoms with Gasteiger partial charge in [0.15, 0.2) is 11.5 Å². The van der Waals surface area contributed by atoms with E-state index in [1.165, 1.54) is 29.7 Å². The summed E-state index contributed by atoms with van der Waals surface area (Å²) in [7, 11) is 3.39. The third-order valence-corrected chi connectivity index (χ3v) is 4.65. The third-order valence-electron chi connectivity index (χ3n) is 3.21. The highest BCUT2D eigenvalue weighted by atomic mass is 32.2. The highest BCUT2D eigenvalue weighted by molar-refractivity contribution is 8.00. The molecule has 1 aliphatic heterocycles. The van der Waals surface area contributed by atoms with Crippen molar-refractivity contribution in [1.82, 2.24) is 0 Å². The van der Waals surface area contributed by atoms with Crippen molar-refractivity contribution in [2.45, 2.75) is 42.8 Å². The Kier molecular flexibility index (Phi) is 4.21. The third kappa shape index (κ3) is 2.71. The standard InChI is InChI=1S/C14H20O2S/c1-4-5-11-7-6-10-8-12(15-2)13(16-3)9-14(10)17-11/h8-9,11H,4-7H2,1-3H3. The second-order valence-electron chi connectivity index (χ2n) is 4.38. The van der Waals surface area contributed by atoms with E-state index in [0.29, 0.717) is 0 Å². The molecular formula is C14H20O2S. The molecular weight excluding hydrogens is 232 g/mol. The van der Waals surface area contributed by atoms with Gasteiger partial charge in [0, 0.05) is 10.1 Å². The Morgan fingerprint density at radius 1 is 1.24 bits per heavy atom. The van der Waals surface area contributed by atoms with Gasteiger partial charge in [0.05, 0.1) is 14.2 Å². The predicted octanol–water partition coefficient (Wildman–Crippen LogP) is 3.91. The van der Waals surface area contributed by atoms with Gasteiger partial charge in [-0.25, -0.2) is 0 Å². The van der Waals surface area contributed by atoms with Crippen LogP contribution in [0.3, 0.4) is 0 Å². The van der Waals surface area contributed by atoms with Gasteiger partial charge in [0.25, 0.3) is 0 Å². The fraction of sp³-hybridized carbons (Fsp3) is 0.571. The molecule has 0 aliphatic carbocycles. The van der Waals surface area contributed by atoms with Crippen molar-refractivity contribution >= 4 is 11.8 Å². The van der Waals surface area contributed by atoms with Gasteiger partial charge in [-0.2, -0.15) is 0 Å². The summed E-state index contributed by atoms with van der Waals surface area (Å²) in [6.45, 7) is 2.25. The molecule has 0 saturated heterocycles. The number of hydrogen-bond donors (Lipinski definition) is 0. The zero-order valence-electron chi connectivity index (χ0n) is 10.8. The van der Waals surface area contributed by atoms with Crippen LogP contribution in [0.1, 0.15) is 31.7 Å². The summed E-state index contributed by atoms with van der Waals surface area (Å²) < 4.78 is 10.7. The van der Waals surface area contributed by atoms with E-state index in [-0.39, 0.29) is 0 Å². The molecule has 0 radical (unpaired) electrons. The Labute approximate surface area is 108 Å². The molecule has 0 fully saturated rings. The van der Waals surface area contributed by atoms with Crippen LogP contribution in [0, 0.1) is 0 Å². The molecule has 0 bridgehead atoms. The van der Waals surface area contributed by atoms with E-state index in [9.17, 15) is 0 Å². The van der Waals surface area contributed by atoms with Crippen LogP contribution in [0.15, 0.2) is 17.0 Å². The molecule has 0 spiro atoms. The minimum atomic E-state index is 0.769. The minimum Gasteiger partial charge on any atom is -0.493 e. The average molecular weight is 252 g/mol. The summed E-state index contributed by atoms with van der Waals surface area (Å²) >= 11 is 1.99. The Morgan fingerprint density at radius 3 is 2.59 bits per heavy atom. The Morgan fingerprint density at radius 2 is 1.94 bits per heavy atom. The summed E-state index contributed by atoms with van der Waals surface area (Å²) in [5, 5.41) is 0.769. The van der Waals surface area contributed by atoms with E-state index in [1.807, 2.05) is 11.8 Å². The van der Waals surface area contributed by atoms with E-state index in [1.54, 1.807) is 14.2 Å². The number of hydrogen-bond acceptors (Lipinski definition) is 3. The van der Waals surface area contributed by atoms with Crippen molar-refractivity contribution in [1.29, 1.82) is 0 Å². The lowest BCUT2D eigenvalue weighted by atomic mass is 10.0. The Hall–Kier alpha value is -0.830. The van der Waals surface area contributed by atoms with Gasteiger partial charge >= 0.3 is 0 Å². The largest absolute Gasteiger partial charge is 0.493 e. The van der Waals surface area contributed by atoms with E-state index >= 15 is 0 Å². The maximum Gasteiger partial charge on any atom is 0.161 e. The Bertz CT molecular complexity index is 390. The van der Waals surface area contributed by atoms with Crippen LogP contribution >= 0.6 is 11.8 Å². The summed E-state index contributed by atoms with van der Waals surface area (Å²) in [6.07, 6.45) is 5.01. The van der Waals surface area contributed by atoms with Crippen LogP contribution in [-0.4, -0.2) is 19.5 Å². The van der Waals surface area contributed by atoms with Crippen LogP contribution in [0.5, 0.6) is 11.5 Å². The van der Waals surface area contributed by atoms with Gasteiger partial charge < -0.3 is 9.47 Å². The minimum absolute atomic E-state index is 0.769. The first-order chi connectivity index (χ1) is 8.28. The van der Waals surface area contributed by atoms with E-state index in [2.05, 4.69) is 19.1 Å². The second-order valence-corrected chi connectivity index (χ2v) is 5.72. The Balaban J connectivity index is 2.25. The number of ether oxygens (including phenoxy) is 2. The smallest absolute Gasteiger partial charge is 0.161 e. The second kappa shape index (κ2) is 5.67. The molecule has 1 unspecified atom stereocenters. The summed E-state index contributed by atoms with van der Waals surface area (Å²) in [5.74, 6) is 1.69. The van der Waals surface area contributed by atoms with Crippen molar-refractivity contribution in [3.63, 3.8) is 0 Å². The van der Waals surface area contributed by atoms with Crippen LogP contribution in [0.25, 0.3) is 0 Å². The number of fused-ring (bicyclic) bond motifs is 1. The normalized spacial score (nSPS) is 18.6. The predicted molar refractivity (Wildman–Crippen MR) is 72.4 cm³/mol. The van der Waals surface area contributed by atoms with Crippen molar-refractivity contribution in [3.05, 3.63) is 17.7 Å². The zero-order valence-corrected chi connectivity index (χ0v) is 11.6. The number of rotatable bonds is 4. The molecule has 2 rings (SSSR count). The van der Waals surface area contributed by atoms with Gasteiger partial charge in [0.1, 0.15) is 0 Å². The summed E-state index contributed by atoms with van der Waals surface area (Å²) in [6, 6.07) is 4.25. The van der Waals surface area contributed by atoms with Crippen molar-refractivity contribution in [3.8, 4) is 11.5 Å². The van der Waals surface area contributed by atoms with E-state index in [4.69, 9.17) is 9.47 Å². The lowest BCUT2D eigenvalue weighted by Gasteiger charge is -2.24. The molecule has 0 N–H and O–H groups in total. The first kappa shape index (κ1) is 12.6. The lowest BCUT2D eigenvalue weighted by Crippen LogP contribution is -2.10. The van der Waals surface area contributed by atoms with E-state index in [0.717, 1.165) is 23.2 Å². The lowest BCUT2D eigenvalue weighted by molar-refractivity contribution is 0.353. The molecule has 3 heteroatoms. The molecule has 1 atom stereocenters. The van der Waals surface area contributed by atoms with E-state index < -0.39 is 0 Å². The molecule has 1 aliphatic rings. The summed E-state index contributed by atoms with van der Waals surface area (Å²) in [4.78, 5) is 1.37. The van der Waals surface area contributed by atoms with Gasteiger partial charge in [-0.15, -0.1) is 11.8 Å². The quantitative estimate of drug-likeness (QED) is 0.809. The first-order valence-electron chi connectivity index (χ1n) is 6.20. The van der Waals surface area contributed by atoms with Crippen LogP contribution in [-0.2, 0) is 6.42 Å². The van der Waals surface area contributed by atoms with Crippen LogP contribution < -0.4 is 9.47 Å². The average Bonchev–Trinajstić information content (AvgIpc) is 2.37. The van der Waals surface area contributed by atoms with Gasteiger partial charge in [-0.05, 0) is 37.0 Å². The molecule has 2 nitrogen and oxygen atoms in total. The topological polar surface area (TPSA) is 18.5 Å². The molecule has 1 aromatic rings. The molecule has 0 amide bonds. The maximum absolute atomic E-state index is 5.36. The number of methoxy groups -OCH3 is 2. The summed E-state index contributed by atoms with van der Waals surface area (Å²) in [5.41, 5.74) is 1.40. The molecule has 17 heavy (non-hydrogen) atoms. The van der Waals surface area contributed by atoms with Crippen LogP contribution in [0.2, 0.25) is 0 Å². The number of thioether (sulfide) groups is 1. The first-order valence-corrected chi connectivity index (χ1v) is 7.08. The van der Waals surface area contributed by atoms with Crippen LogP contribution in [0.4, 0.5) is 0 Å². The monoisotopic (exact) mass is 252 g/mol. The van der Waals surface area contributed by atoms with Crippen molar-refractivity contribution < 1.29 is 9.47 Å². The fourth-order valence-electron chi connectivity index (χ4n) is 2.29. The molecule has 0 saturated carbocycles. The van der Waals surface area contributed by atoms with Crippen molar-refractivity contribution in [2.24, 2.45) is 0 Å². The molecule has 1 aromatic carbocycles. The molecule has 0 aromatic heterocycles. The van der Waals surface area contributed by atoms with Gasteiger partial charge in [-0.1, -0.05) is 13.3 Å². The SMILES string of the molecule is CCCC1CCc2cc(OC)c(OC)cc2S1. The molecule has 1 heterocycles. The van der Waals surface area contributed by atoms with Crippen molar-refractivity contribution in [2.75, 3.05) is 14.2 Å². The highest BCUT2D eigenvalue weighted by Gasteiger charge is 2.21.